The average Bonchev–Trinajstić information content (AvgIpc) is 3.15. The number of hydrogen-bond donors (Lipinski definition) is 0. The van der Waals surface area contributed by atoms with E-state index in [0.29, 0.717) is 0 Å². The van der Waals surface area contributed by atoms with E-state index in [0.717, 1.165) is 17.8 Å². The summed E-state index contributed by atoms with van der Waals surface area (Å²) in [7, 11) is 0. The molecule has 0 rings (SSSR count). The van der Waals surface area contributed by atoms with Gasteiger partial charge in [0.05, 0.1) is 0 Å². The molecule has 0 bridgehead atoms. The van der Waals surface area contributed by atoms with E-state index in [1.54, 1.807) is 0 Å². The van der Waals surface area contributed by atoms with Gasteiger partial charge in [-0.15, -0.1) is 0 Å². The van der Waals surface area contributed by atoms with Gasteiger partial charge in [0.25, 0.3) is 0 Å². The van der Waals surface area contributed by atoms with Gasteiger partial charge in [0.15, 0.2) is 0 Å². The third-order valence-corrected chi connectivity index (χ3v) is 12.0. The lowest BCUT2D eigenvalue weighted by molar-refractivity contribution is 0.394. The lowest BCUT2D eigenvalue weighted by atomic mass is 9.92. The van der Waals surface area contributed by atoms with E-state index in [1.807, 2.05) is 0 Å². The number of unbranched alkanes of at least 4 members (excludes halogenated alkanes) is 24. The van der Waals surface area contributed by atoms with Crippen LogP contribution in [0.1, 0.15) is 313 Å². The van der Waals surface area contributed by atoms with Crippen molar-refractivity contribution >= 4 is 0 Å². The third kappa shape index (κ3) is 50.0. The van der Waals surface area contributed by atoms with E-state index in [1.165, 1.54) is 250 Å². The first-order chi connectivity index (χ1) is 25.0. The van der Waals surface area contributed by atoms with Crippen LogP contribution in [-0.4, -0.2) is 0 Å². The van der Waals surface area contributed by atoms with Crippen molar-refractivity contribution in [1.82, 2.24) is 0 Å². The predicted octanol–water partition coefficient (Wildman–Crippen LogP) is 20.2. The van der Waals surface area contributed by atoms with E-state index >= 15 is 0 Å². The van der Waals surface area contributed by atoms with Crippen molar-refractivity contribution in [2.75, 3.05) is 0 Å². The van der Waals surface area contributed by atoms with Crippen LogP contribution in [0, 0.1) is 17.8 Å². The summed E-state index contributed by atoms with van der Waals surface area (Å²) in [4.78, 5) is 0. The monoisotopic (exact) mass is 721 g/mol. The predicted molar refractivity (Wildman–Crippen MR) is 242 cm³/mol. The summed E-state index contributed by atoms with van der Waals surface area (Å²) < 4.78 is 0. The minimum absolute atomic E-state index is 1.03. The maximum absolute atomic E-state index is 2.38. The quantitative estimate of drug-likeness (QED) is 0.0555. The zero-order valence-electron chi connectivity index (χ0n) is 38.3. The maximum Gasteiger partial charge on any atom is -0.0417 e. The van der Waals surface area contributed by atoms with E-state index in [2.05, 4.69) is 62.3 Å². The molecule has 0 aliphatic rings. The fourth-order valence-corrected chi connectivity index (χ4v) is 7.88. The molecule has 0 aromatic heterocycles. The molecule has 312 valence electrons. The van der Waals surface area contributed by atoms with Crippen LogP contribution >= 0.6 is 0 Å². The van der Waals surface area contributed by atoms with Crippen LogP contribution in [0.4, 0.5) is 0 Å². The summed E-state index contributed by atoms with van der Waals surface area (Å²) in [5, 5.41) is 0. The average molecular weight is 721 g/mol. The van der Waals surface area contributed by atoms with Gasteiger partial charge in [-0.05, 0) is 17.8 Å². The molecule has 0 aliphatic carbocycles. The minimum atomic E-state index is 1.03. The van der Waals surface area contributed by atoms with Crippen molar-refractivity contribution in [3.05, 3.63) is 0 Å². The molecule has 0 radical (unpaired) electrons. The molecule has 0 fully saturated rings. The summed E-state index contributed by atoms with van der Waals surface area (Å²) in [6.07, 6.45) is 56.5. The molecular weight excluding hydrogens is 613 g/mol. The zero-order chi connectivity index (χ0) is 38.3. The SMILES string of the molecule is CCCCCCCC(CC)CCCCCCC.CCCCCCCC(CC)CCCCCCC.CCCCCCCC(CC)CCCCCCC. The van der Waals surface area contributed by atoms with Crippen LogP contribution in [0.15, 0.2) is 0 Å². The van der Waals surface area contributed by atoms with Crippen molar-refractivity contribution < 1.29 is 0 Å². The highest BCUT2D eigenvalue weighted by Crippen LogP contribution is 2.23. The normalized spacial score (nSPS) is 11.3. The minimum Gasteiger partial charge on any atom is -0.0654 e. The molecule has 0 saturated carbocycles. The first-order valence-corrected chi connectivity index (χ1v) is 25.0. The second-order valence-corrected chi connectivity index (χ2v) is 17.0. The molecule has 0 spiro atoms. The van der Waals surface area contributed by atoms with Crippen molar-refractivity contribution in [2.24, 2.45) is 17.8 Å². The third-order valence-electron chi connectivity index (χ3n) is 12.0. The summed E-state index contributed by atoms with van der Waals surface area (Å²) in [6, 6.07) is 0. The Morgan fingerprint density at radius 3 is 0.431 bits per heavy atom. The second kappa shape index (κ2) is 52.1. The molecule has 0 aromatic rings. The fourth-order valence-electron chi connectivity index (χ4n) is 7.88. The fraction of sp³-hybridized carbons (Fsp3) is 1.00. The van der Waals surface area contributed by atoms with Crippen molar-refractivity contribution in [2.45, 2.75) is 313 Å². The van der Waals surface area contributed by atoms with Gasteiger partial charge >= 0.3 is 0 Å². The van der Waals surface area contributed by atoms with Crippen LogP contribution in [0.3, 0.4) is 0 Å². The smallest absolute Gasteiger partial charge is 0.0417 e. The molecule has 0 atom stereocenters. The van der Waals surface area contributed by atoms with E-state index < -0.39 is 0 Å². The van der Waals surface area contributed by atoms with Gasteiger partial charge in [-0.1, -0.05) is 313 Å². The Morgan fingerprint density at radius 1 is 0.176 bits per heavy atom. The van der Waals surface area contributed by atoms with Crippen LogP contribution in [0.5, 0.6) is 0 Å². The van der Waals surface area contributed by atoms with E-state index in [9.17, 15) is 0 Å². The molecule has 0 saturated heterocycles. The Bertz CT molecular complexity index is 418. The molecule has 0 aliphatic heterocycles. The highest BCUT2D eigenvalue weighted by molar-refractivity contribution is 4.61. The molecule has 0 heteroatoms. The van der Waals surface area contributed by atoms with Gasteiger partial charge in [0, 0.05) is 0 Å². The summed E-state index contributed by atoms with van der Waals surface area (Å²) >= 11 is 0. The molecule has 0 amide bonds. The standard InChI is InChI=1S/3C17H36/c3*1-4-7-9-11-13-15-17(6-3)16-14-12-10-8-5-2/h3*17H,4-16H2,1-3H3. The van der Waals surface area contributed by atoms with Crippen LogP contribution in [0.2, 0.25) is 0 Å². The lowest BCUT2D eigenvalue weighted by Gasteiger charge is -2.14. The van der Waals surface area contributed by atoms with Crippen LogP contribution < -0.4 is 0 Å². The zero-order valence-corrected chi connectivity index (χ0v) is 38.3. The first-order valence-electron chi connectivity index (χ1n) is 25.0. The van der Waals surface area contributed by atoms with Gasteiger partial charge in [-0.25, -0.2) is 0 Å². The van der Waals surface area contributed by atoms with Gasteiger partial charge in [0.1, 0.15) is 0 Å². The molecule has 0 N–H and O–H groups in total. The highest BCUT2D eigenvalue weighted by Gasteiger charge is 2.07. The Labute approximate surface area is 329 Å². The highest BCUT2D eigenvalue weighted by atomic mass is 14.1. The summed E-state index contributed by atoms with van der Waals surface area (Å²) in [6.45, 7) is 20.9. The van der Waals surface area contributed by atoms with Gasteiger partial charge < -0.3 is 0 Å². The Hall–Kier alpha value is 0. The van der Waals surface area contributed by atoms with Crippen molar-refractivity contribution in [3.8, 4) is 0 Å². The molecule has 0 nitrogen and oxygen atoms in total. The van der Waals surface area contributed by atoms with Crippen LogP contribution in [-0.2, 0) is 0 Å². The topological polar surface area (TPSA) is 0 Å². The van der Waals surface area contributed by atoms with Gasteiger partial charge in [-0.3, -0.25) is 0 Å². The van der Waals surface area contributed by atoms with Crippen molar-refractivity contribution in [1.29, 1.82) is 0 Å². The summed E-state index contributed by atoms with van der Waals surface area (Å²) in [5.74, 6) is 3.08. The van der Waals surface area contributed by atoms with E-state index in [-0.39, 0.29) is 0 Å². The first kappa shape index (κ1) is 55.3. The molecule has 0 unspecified atom stereocenters. The number of rotatable bonds is 39. The largest absolute Gasteiger partial charge is 0.0654 e. The van der Waals surface area contributed by atoms with Crippen LogP contribution in [0.25, 0.3) is 0 Å². The Kier molecular flexibility index (Phi) is 56.5. The Morgan fingerprint density at radius 2 is 0.314 bits per heavy atom. The molecule has 0 aromatic carbocycles. The van der Waals surface area contributed by atoms with E-state index in [4.69, 9.17) is 0 Å². The maximum atomic E-state index is 2.38. The molecule has 0 heterocycles. The molecule has 51 heavy (non-hydrogen) atoms. The summed E-state index contributed by atoms with van der Waals surface area (Å²) in [5.41, 5.74) is 0. The lowest BCUT2D eigenvalue weighted by Crippen LogP contribution is -1.99. The second-order valence-electron chi connectivity index (χ2n) is 17.0. The number of hydrogen-bond acceptors (Lipinski definition) is 0. The Balaban J connectivity index is -0.000000678. The van der Waals surface area contributed by atoms with Gasteiger partial charge in [-0.2, -0.15) is 0 Å². The molecular formula is C51H108. The van der Waals surface area contributed by atoms with Crippen molar-refractivity contribution in [3.63, 3.8) is 0 Å². The van der Waals surface area contributed by atoms with Gasteiger partial charge in [0.2, 0.25) is 0 Å².